The molecule has 1 atom stereocenters. The summed E-state index contributed by atoms with van der Waals surface area (Å²) < 4.78 is 41.6. The first kappa shape index (κ1) is 20.9. The molecule has 0 aromatic heterocycles. The molecule has 1 saturated heterocycles. The standard InChI is InChI=1S/C16H28O7S/c17-15-13-14(24(19,20)21)16(18)23-12-10-8-6-4-2-1-3-5-7-9-11-22-15/h14H,1-13H2,(H,19,20,21). The van der Waals surface area contributed by atoms with Crippen LogP contribution in [0.4, 0.5) is 0 Å². The SMILES string of the molecule is O=C1CC(S(=O)(=O)O)C(=O)OCCCCCCCCCCCCO1. The smallest absolute Gasteiger partial charge is 0.327 e. The molecular formula is C16H28O7S. The highest BCUT2D eigenvalue weighted by Gasteiger charge is 2.35. The average Bonchev–Trinajstić information content (AvgIpc) is 2.50. The van der Waals surface area contributed by atoms with Gasteiger partial charge in [-0.05, 0) is 12.8 Å². The van der Waals surface area contributed by atoms with Crippen molar-refractivity contribution in [3.63, 3.8) is 0 Å². The van der Waals surface area contributed by atoms with Gasteiger partial charge in [-0.25, -0.2) is 0 Å². The van der Waals surface area contributed by atoms with E-state index >= 15 is 0 Å². The maximum Gasteiger partial charge on any atom is 0.327 e. The van der Waals surface area contributed by atoms with Crippen LogP contribution in [-0.4, -0.2) is 43.4 Å². The third kappa shape index (κ3) is 9.22. The van der Waals surface area contributed by atoms with Crippen molar-refractivity contribution >= 4 is 22.1 Å². The third-order valence-corrected chi connectivity index (χ3v) is 5.10. The van der Waals surface area contributed by atoms with Crippen LogP contribution in [-0.2, 0) is 29.2 Å². The molecule has 0 aromatic rings. The lowest BCUT2D eigenvalue weighted by Crippen LogP contribution is -2.34. The van der Waals surface area contributed by atoms with E-state index in [1.807, 2.05) is 0 Å². The zero-order valence-electron chi connectivity index (χ0n) is 14.1. The summed E-state index contributed by atoms with van der Waals surface area (Å²) in [5, 5.41) is -1.91. The lowest BCUT2D eigenvalue weighted by Gasteiger charge is -2.13. The predicted molar refractivity (Wildman–Crippen MR) is 88.0 cm³/mol. The zero-order chi connectivity index (χ0) is 17.8. The maximum absolute atomic E-state index is 11.8. The van der Waals surface area contributed by atoms with Crippen molar-refractivity contribution in [2.24, 2.45) is 0 Å². The normalized spacial score (nSPS) is 24.3. The number of cyclic esters (lactones) is 2. The van der Waals surface area contributed by atoms with E-state index in [1.54, 1.807) is 0 Å². The van der Waals surface area contributed by atoms with Gasteiger partial charge in [-0.2, -0.15) is 8.42 Å². The van der Waals surface area contributed by atoms with Gasteiger partial charge in [0, 0.05) is 0 Å². The van der Waals surface area contributed by atoms with Crippen molar-refractivity contribution in [3.05, 3.63) is 0 Å². The van der Waals surface area contributed by atoms with Crippen LogP contribution < -0.4 is 0 Å². The summed E-state index contributed by atoms with van der Waals surface area (Å²) in [5.74, 6) is -1.92. The Kier molecular flexibility index (Phi) is 9.94. The van der Waals surface area contributed by atoms with Crippen LogP contribution in [0.25, 0.3) is 0 Å². The molecule has 1 rings (SSSR count). The van der Waals surface area contributed by atoms with Crippen molar-refractivity contribution in [2.45, 2.75) is 75.9 Å². The summed E-state index contributed by atoms with van der Waals surface area (Å²) in [5.41, 5.74) is 0. The second-order valence-corrected chi connectivity index (χ2v) is 7.73. The number of carbonyl (C=O) groups is 2. The monoisotopic (exact) mass is 364 g/mol. The molecule has 1 N–H and O–H groups in total. The van der Waals surface area contributed by atoms with Gasteiger partial charge in [0.15, 0.2) is 5.25 Å². The van der Waals surface area contributed by atoms with E-state index in [9.17, 15) is 18.0 Å². The van der Waals surface area contributed by atoms with E-state index in [0.29, 0.717) is 12.8 Å². The van der Waals surface area contributed by atoms with E-state index in [0.717, 1.165) is 38.5 Å². The number of hydrogen-bond donors (Lipinski definition) is 1. The first-order valence-corrected chi connectivity index (χ1v) is 10.2. The summed E-state index contributed by atoms with van der Waals surface area (Å²) in [7, 11) is -4.71. The van der Waals surface area contributed by atoms with Gasteiger partial charge in [0.25, 0.3) is 10.1 Å². The van der Waals surface area contributed by atoms with E-state index in [4.69, 9.17) is 14.0 Å². The molecule has 1 aliphatic rings. The van der Waals surface area contributed by atoms with E-state index in [-0.39, 0.29) is 13.2 Å². The average molecular weight is 364 g/mol. The van der Waals surface area contributed by atoms with Crippen LogP contribution >= 0.6 is 0 Å². The molecule has 8 heteroatoms. The van der Waals surface area contributed by atoms with E-state index < -0.39 is 33.7 Å². The molecule has 1 fully saturated rings. The molecule has 140 valence electrons. The Morgan fingerprint density at radius 1 is 0.750 bits per heavy atom. The molecule has 0 aliphatic carbocycles. The van der Waals surface area contributed by atoms with Gasteiger partial charge in [-0.1, -0.05) is 51.4 Å². The van der Waals surface area contributed by atoms with Gasteiger partial charge in [0.2, 0.25) is 0 Å². The largest absolute Gasteiger partial charge is 0.466 e. The Morgan fingerprint density at radius 2 is 1.17 bits per heavy atom. The van der Waals surface area contributed by atoms with Crippen LogP contribution in [0, 0.1) is 0 Å². The van der Waals surface area contributed by atoms with Crippen LogP contribution in [0.3, 0.4) is 0 Å². The first-order valence-electron chi connectivity index (χ1n) is 8.70. The molecule has 24 heavy (non-hydrogen) atoms. The quantitative estimate of drug-likeness (QED) is 0.563. The minimum Gasteiger partial charge on any atom is -0.466 e. The zero-order valence-corrected chi connectivity index (χ0v) is 14.9. The molecule has 0 aromatic carbocycles. The van der Waals surface area contributed by atoms with Crippen LogP contribution in [0.15, 0.2) is 0 Å². The molecule has 0 bridgehead atoms. The number of carbonyl (C=O) groups excluding carboxylic acids is 2. The van der Waals surface area contributed by atoms with Crippen molar-refractivity contribution in [3.8, 4) is 0 Å². The van der Waals surface area contributed by atoms with Gasteiger partial charge in [-0.3, -0.25) is 14.1 Å². The first-order chi connectivity index (χ1) is 11.4. The summed E-state index contributed by atoms with van der Waals surface area (Å²) in [6.07, 6.45) is 9.25. The molecular weight excluding hydrogens is 336 g/mol. The fourth-order valence-electron chi connectivity index (χ4n) is 2.59. The minimum atomic E-state index is -4.71. The lowest BCUT2D eigenvalue weighted by atomic mass is 10.1. The van der Waals surface area contributed by atoms with Gasteiger partial charge >= 0.3 is 11.9 Å². The van der Waals surface area contributed by atoms with Gasteiger partial charge in [0.05, 0.1) is 19.6 Å². The Balaban J connectivity index is 2.58. The highest BCUT2D eigenvalue weighted by Crippen LogP contribution is 2.13. The van der Waals surface area contributed by atoms with Gasteiger partial charge in [-0.15, -0.1) is 0 Å². The van der Waals surface area contributed by atoms with E-state index in [2.05, 4.69) is 0 Å². The predicted octanol–water partition coefficient (Wildman–Crippen LogP) is 2.63. The van der Waals surface area contributed by atoms with Crippen molar-refractivity contribution < 1.29 is 32.0 Å². The molecule has 0 amide bonds. The Bertz CT molecular complexity index is 487. The molecule has 7 nitrogen and oxygen atoms in total. The van der Waals surface area contributed by atoms with E-state index in [1.165, 1.54) is 12.8 Å². The fourth-order valence-corrected chi connectivity index (χ4v) is 3.25. The number of hydrogen-bond acceptors (Lipinski definition) is 6. The summed E-state index contributed by atoms with van der Waals surface area (Å²) in [6, 6.07) is 0. The molecule has 0 spiro atoms. The van der Waals surface area contributed by atoms with Crippen molar-refractivity contribution in [1.82, 2.24) is 0 Å². The molecule has 0 saturated carbocycles. The highest BCUT2D eigenvalue weighted by atomic mass is 32.2. The number of ether oxygens (including phenoxy) is 2. The number of rotatable bonds is 1. The topological polar surface area (TPSA) is 107 Å². The molecule has 1 aliphatic heterocycles. The Labute approximate surface area is 143 Å². The molecule has 1 heterocycles. The Hall–Kier alpha value is -1.15. The highest BCUT2D eigenvalue weighted by molar-refractivity contribution is 7.87. The second-order valence-electron chi connectivity index (χ2n) is 6.13. The van der Waals surface area contributed by atoms with Crippen molar-refractivity contribution in [2.75, 3.05) is 13.2 Å². The number of esters is 2. The molecule has 1 unspecified atom stereocenters. The lowest BCUT2D eigenvalue weighted by molar-refractivity contribution is -0.150. The molecule has 0 radical (unpaired) electrons. The third-order valence-electron chi connectivity index (χ3n) is 4.02. The van der Waals surface area contributed by atoms with Gasteiger partial charge in [0.1, 0.15) is 0 Å². The minimum absolute atomic E-state index is 0.0832. The fraction of sp³-hybridized carbons (Fsp3) is 0.875. The van der Waals surface area contributed by atoms with Crippen LogP contribution in [0.1, 0.15) is 70.6 Å². The van der Waals surface area contributed by atoms with Crippen LogP contribution in [0.2, 0.25) is 0 Å². The van der Waals surface area contributed by atoms with Gasteiger partial charge < -0.3 is 9.47 Å². The second kappa shape index (κ2) is 11.4. The summed E-state index contributed by atoms with van der Waals surface area (Å²) in [4.78, 5) is 23.5. The summed E-state index contributed by atoms with van der Waals surface area (Å²) >= 11 is 0. The van der Waals surface area contributed by atoms with Crippen LogP contribution in [0.5, 0.6) is 0 Å². The maximum atomic E-state index is 11.8. The van der Waals surface area contributed by atoms with Crippen molar-refractivity contribution in [1.29, 1.82) is 0 Å². The summed E-state index contributed by atoms with van der Waals surface area (Å²) in [6.45, 7) is 0.270. The Morgan fingerprint density at radius 3 is 1.62 bits per heavy atom.